The molecule has 4 nitrogen and oxygen atoms in total. The Labute approximate surface area is 132 Å². The maximum atomic E-state index is 14.0. The topological polar surface area (TPSA) is 58.6 Å². The van der Waals surface area contributed by atoms with Gasteiger partial charge in [-0.05, 0) is 36.1 Å². The lowest BCUT2D eigenvalue weighted by Gasteiger charge is -2.26. The van der Waals surface area contributed by atoms with Crippen LogP contribution in [0.4, 0.5) is 4.39 Å². The van der Waals surface area contributed by atoms with Gasteiger partial charge >= 0.3 is 7.12 Å². The van der Waals surface area contributed by atoms with Gasteiger partial charge in [-0.15, -0.1) is 8.58 Å². The third-order valence-electron chi connectivity index (χ3n) is 3.61. The molecule has 2 atom stereocenters. The molecule has 0 saturated carbocycles. The van der Waals surface area contributed by atoms with Crippen molar-refractivity contribution in [2.24, 2.45) is 5.41 Å². The summed E-state index contributed by atoms with van der Waals surface area (Å²) < 4.78 is 19.0. The van der Waals surface area contributed by atoms with Crippen LogP contribution in [0.5, 0.6) is 0 Å². The summed E-state index contributed by atoms with van der Waals surface area (Å²) >= 11 is 0. The zero-order valence-electron chi connectivity index (χ0n) is 13.4. The van der Waals surface area contributed by atoms with Gasteiger partial charge in [0.2, 0.25) is 0 Å². The highest BCUT2D eigenvalue weighted by molar-refractivity contribution is 7.37. The fraction of sp³-hybridized carbons (Fsp3) is 0.533. The summed E-state index contributed by atoms with van der Waals surface area (Å²) in [6.45, 7) is 8.43. The second-order valence-corrected chi connectivity index (χ2v) is 8.04. The van der Waals surface area contributed by atoms with Crippen LogP contribution in [0.15, 0.2) is 12.1 Å². The summed E-state index contributed by atoms with van der Waals surface area (Å²) in [7, 11) is -0.597. The molecule has 1 aromatic carbocycles. The van der Waals surface area contributed by atoms with E-state index in [2.05, 4.69) is 26.1 Å². The average molecular weight is 325 g/mol. The van der Waals surface area contributed by atoms with Crippen LogP contribution in [-0.2, 0) is 11.3 Å². The molecule has 0 bridgehead atoms. The van der Waals surface area contributed by atoms with E-state index in [1.807, 2.05) is 6.66 Å². The van der Waals surface area contributed by atoms with E-state index < -0.39 is 12.9 Å². The number of carbonyl (C=O) groups excluding carboxylic acids is 1. The minimum atomic E-state index is -1.16. The van der Waals surface area contributed by atoms with Crippen LogP contribution in [0.3, 0.4) is 0 Å². The second-order valence-electron chi connectivity index (χ2n) is 6.77. The number of rotatable bonds is 4. The predicted molar refractivity (Wildman–Crippen MR) is 88.4 cm³/mol. The minimum absolute atomic E-state index is 0.0349. The Kier molecular flexibility index (Phi) is 5.26. The van der Waals surface area contributed by atoms with E-state index in [0.29, 0.717) is 19.6 Å². The lowest BCUT2D eigenvalue weighted by Crippen LogP contribution is -2.36. The molecule has 0 fully saturated rings. The first-order valence-electron chi connectivity index (χ1n) is 7.31. The monoisotopic (exact) mass is 325 g/mol. The highest BCUT2D eigenvalue weighted by atomic mass is 31.1. The van der Waals surface area contributed by atoms with Crippen molar-refractivity contribution in [3.05, 3.63) is 29.1 Å². The molecule has 2 N–H and O–H groups in total. The number of benzene rings is 1. The summed E-state index contributed by atoms with van der Waals surface area (Å²) in [5, 5.41) is 12.6. The summed E-state index contributed by atoms with van der Waals surface area (Å²) in [6.07, 6.45) is 0.854. The van der Waals surface area contributed by atoms with E-state index in [4.69, 9.17) is 4.65 Å². The van der Waals surface area contributed by atoms with Crippen molar-refractivity contribution in [1.29, 1.82) is 0 Å². The van der Waals surface area contributed by atoms with E-state index in [1.54, 1.807) is 0 Å². The molecule has 1 aliphatic rings. The zero-order chi connectivity index (χ0) is 16.5. The number of amides is 1. The van der Waals surface area contributed by atoms with Gasteiger partial charge in [0.25, 0.3) is 5.91 Å². The number of hydrogen-bond acceptors (Lipinski definition) is 3. The highest BCUT2D eigenvalue weighted by Crippen LogP contribution is 2.28. The Morgan fingerprint density at radius 1 is 1.55 bits per heavy atom. The van der Waals surface area contributed by atoms with E-state index in [0.717, 1.165) is 6.42 Å². The summed E-state index contributed by atoms with van der Waals surface area (Å²) in [4.78, 5) is 12.4. The first-order valence-corrected chi connectivity index (χ1v) is 8.89. The SMILES string of the molecule is CPC(CC(C)(C)C)NC(=O)c1cc(F)c2c(c1)B(O)OC2. The average Bonchev–Trinajstić information content (AvgIpc) is 2.78. The van der Waals surface area contributed by atoms with Crippen LogP contribution < -0.4 is 10.8 Å². The summed E-state index contributed by atoms with van der Waals surface area (Å²) in [6, 6.07) is 2.72. The quantitative estimate of drug-likeness (QED) is 0.656. The molecule has 2 rings (SSSR count). The Balaban J connectivity index is 2.16. The standard InChI is InChI=1S/C15H22BFNO3P/c1-15(2,3)7-13(22-4)18-14(19)9-5-11-10(12(17)6-9)8-21-16(11)20/h5-6,13,20,22H,7-8H2,1-4H3,(H,18,19). The number of hydrogen-bond donors (Lipinski definition) is 2. The maximum Gasteiger partial charge on any atom is 0.491 e. The highest BCUT2D eigenvalue weighted by Gasteiger charge is 2.31. The summed E-state index contributed by atoms with van der Waals surface area (Å²) in [5.41, 5.74) is 0.996. The van der Waals surface area contributed by atoms with Crippen molar-refractivity contribution in [2.75, 3.05) is 6.66 Å². The Hall–Kier alpha value is -0.965. The zero-order valence-corrected chi connectivity index (χ0v) is 14.4. The fourth-order valence-corrected chi connectivity index (χ4v) is 3.58. The van der Waals surface area contributed by atoms with Gasteiger partial charge in [0.15, 0.2) is 0 Å². The molecule has 0 spiro atoms. The Bertz CT molecular complexity index is 577. The molecule has 0 aromatic heterocycles. The van der Waals surface area contributed by atoms with Gasteiger partial charge in [-0.25, -0.2) is 4.39 Å². The summed E-state index contributed by atoms with van der Waals surface area (Å²) in [5.74, 6) is -0.764. The largest absolute Gasteiger partial charge is 0.491 e. The van der Waals surface area contributed by atoms with Crippen LogP contribution in [0.25, 0.3) is 0 Å². The van der Waals surface area contributed by atoms with Crippen molar-refractivity contribution in [3.8, 4) is 0 Å². The van der Waals surface area contributed by atoms with Crippen LogP contribution >= 0.6 is 8.58 Å². The fourth-order valence-electron chi connectivity index (χ4n) is 2.49. The molecule has 120 valence electrons. The number of fused-ring (bicyclic) bond motifs is 1. The lowest BCUT2D eigenvalue weighted by atomic mass is 9.78. The van der Waals surface area contributed by atoms with Gasteiger partial charge in [0, 0.05) is 16.9 Å². The molecular weight excluding hydrogens is 303 g/mol. The Morgan fingerprint density at radius 3 is 2.82 bits per heavy atom. The first kappa shape index (κ1) is 17.4. The van der Waals surface area contributed by atoms with Gasteiger partial charge in [0.1, 0.15) is 5.82 Å². The smallest absolute Gasteiger partial charge is 0.423 e. The third kappa shape index (κ3) is 4.06. The third-order valence-corrected chi connectivity index (χ3v) is 4.66. The van der Waals surface area contributed by atoms with Crippen molar-refractivity contribution in [1.82, 2.24) is 5.32 Å². The van der Waals surface area contributed by atoms with Gasteiger partial charge < -0.3 is 15.0 Å². The van der Waals surface area contributed by atoms with Crippen LogP contribution in [0, 0.1) is 11.2 Å². The van der Waals surface area contributed by atoms with E-state index >= 15 is 0 Å². The maximum absolute atomic E-state index is 14.0. The molecule has 7 heteroatoms. The van der Waals surface area contributed by atoms with Gasteiger partial charge in [-0.2, -0.15) is 0 Å². The van der Waals surface area contributed by atoms with Crippen molar-refractivity contribution < 1.29 is 18.9 Å². The van der Waals surface area contributed by atoms with Gasteiger partial charge in [0.05, 0.1) is 6.61 Å². The Morgan fingerprint density at radius 2 is 2.23 bits per heavy atom. The normalized spacial score (nSPS) is 16.2. The van der Waals surface area contributed by atoms with Crippen LogP contribution in [0.2, 0.25) is 0 Å². The molecule has 1 amide bonds. The number of carbonyl (C=O) groups is 1. The number of nitrogens with one attached hydrogen (secondary N) is 1. The minimum Gasteiger partial charge on any atom is -0.423 e. The first-order chi connectivity index (χ1) is 10.2. The molecule has 1 aromatic rings. The molecule has 0 radical (unpaired) electrons. The van der Waals surface area contributed by atoms with Crippen molar-refractivity contribution in [2.45, 2.75) is 39.6 Å². The predicted octanol–water partition coefficient (Wildman–Crippen LogP) is 1.84. The van der Waals surface area contributed by atoms with Crippen LogP contribution in [0.1, 0.15) is 43.1 Å². The molecule has 2 unspecified atom stereocenters. The lowest BCUT2D eigenvalue weighted by molar-refractivity contribution is 0.0943. The molecule has 22 heavy (non-hydrogen) atoms. The molecule has 0 aliphatic carbocycles. The van der Waals surface area contributed by atoms with Gasteiger partial charge in [-0.1, -0.05) is 20.8 Å². The van der Waals surface area contributed by atoms with Crippen molar-refractivity contribution in [3.63, 3.8) is 0 Å². The van der Waals surface area contributed by atoms with Crippen LogP contribution in [-0.4, -0.2) is 30.5 Å². The number of halogens is 1. The van der Waals surface area contributed by atoms with Crippen molar-refractivity contribution >= 4 is 27.1 Å². The van der Waals surface area contributed by atoms with E-state index in [9.17, 15) is 14.2 Å². The second kappa shape index (κ2) is 6.65. The van der Waals surface area contributed by atoms with Gasteiger partial charge in [-0.3, -0.25) is 4.79 Å². The van der Waals surface area contributed by atoms with E-state index in [1.165, 1.54) is 12.1 Å². The molecule has 0 saturated heterocycles. The molecule has 1 aliphatic heterocycles. The molecular formula is C15H22BFNO3P. The molecule has 1 heterocycles. The van der Waals surface area contributed by atoms with E-state index in [-0.39, 0.29) is 29.3 Å².